The smallest absolute Gasteiger partial charge is 0.0601 e. The SMILES string of the molecule is CSc1cc(/C=C/c2ccc(Cl)cc2)cs1. The Bertz CT molecular complexity index is 483. The number of hydrogen-bond acceptors (Lipinski definition) is 2. The zero-order chi connectivity index (χ0) is 11.4. The molecule has 0 unspecified atom stereocenters. The number of thioether (sulfide) groups is 1. The van der Waals surface area contributed by atoms with Crippen LogP contribution in [0.15, 0.2) is 39.9 Å². The molecule has 0 N–H and O–H groups in total. The number of rotatable bonds is 3. The quantitative estimate of drug-likeness (QED) is 0.680. The molecule has 0 fully saturated rings. The lowest BCUT2D eigenvalue weighted by Crippen LogP contribution is -1.70. The molecule has 16 heavy (non-hydrogen) atoms. The van der Waals surface area contributed by atoms with Crippen molar-refractivity contribution in [1.29, 1.82) is 0 Å². The van der Waals surface area contributed by atoms with Crippen LogP contribution in [0.2, 0.25) is 5.02 Å². The summed E-state index contributed by atoms with van der Waals surface area (Å²) >= 11 is 9.38. The van der Waals surface area contributed by atoms with Gasteiger partial charge in [0.05, 0.1) is 4.21 Å². The van der Waals surface area contributed by atoms with Gasteiger partial charge < -0.3 is 0 Å². The van der Waals surface area contributed by atoms with Gasteiger partial charge in [-0.1, -0.05) is 35.9 Å². The van der Waals surface area contributed by atoms with E-state index in [9.17, 15) is 0 Å². The van der Waals surface area contributed by atoms with Crippen LogP contribution >= 0.6 is 34.7 Å². The molecule has 0 atom stereocenters. The van der Waals surface area contributed by atoms with Crippen molar-refractivity contribution in [3.05, 3.63) is 51.9 Å². The van der Waals surface area contributed by atoms with Crippen molar-refractivity contribution < 1.29 is 0 Å². The van der Waals surface area contributed by atoms with Crippen LogP contribution in [0.1, 0.15) is 11.1 Å². The highest BCUT2D eigenvalue weighted by molar-refractivity contribution is 8.00. The van der Waals surface area contributed by atoms with Gasteiger partial charge in [-0.05, 0) is 41.0 Å². The normalized spacial score (nSPS) is 11.1. The monoisotopic (exact) mass is 266 g/mol. The summed E-state index contributed by atoms with van der Waals surface area (Å²) in [6.07, 6.45) is 6.32. The van der Waals surface area contributed by atoms with E-state index in [0.29, 0.717) is 0 Å². The van der Waals surface area contributed by atoms with Gasteiger partial charge in [0.15, 0.2) is 0 Å². The average Bonchev–Trinajstić information content (AvgIpc) is 2.76. The van der Waals surface area contributed by atoms with E-state index in [1.165, 1.54) is 15.3 Å². The summed E-state index contributed by atoms with van der Waals surface area (Å²) in [7, 11) is 0. The van der Waals surface area contributed by atoms with Crippen molar-refractivity contribution >= 4 is 46.9 Å². The standard InChI is InChI=1S/C13H11ClS2/c1-15-13-8-11(9-16-13)3-2-10-4-6-12(14)7-5-10/h2-9H,1H3/b3-2+. The first-order chi connectivity index (χ1) is 7.78. The topological polar surface area (TPSA) is 0 Å². The second-order valence-electron chi connectivity index (χ2n) is 3.29. The molecular formula is C13H11ClS2. The zero-order valence-corrected chi connectivity index (χ0v) is 11.2. The van der Waals surface area contributed by atoms with Crippen LogP contribution in [-0.4, -0.2) is 6.26 Å². The number of thiophene rings is 1. The summed E-state index contributed by atoms with van der Waals surface area (Å²) in [4.78, 5) is 0. The third-order valence-electron chi connectivity index (χ3n) is 2.14. The van der Waals surface area contributed by atoms with E-state index in [0.717, 1.165) is 5.02 Å². The van der Waals surface area contributed by atoms with E-state index in [1.807, 2.05) is 24.3 Å². The zero-order valence-electron chi connectivity index (χ0n) is 8.81. The molecule has 3 heteroatoms. The van der Waals surface area contributed by atoms with Crippen molar-refractivity contribution in [3.63, 3.8) is 0 Å². The fourth-order valence-electron chi connectivity index (χ4n) is 1.29. The summed E-state index contributed by atoms with van der Waals surface area (Å²) in [6, 6.07) is 10.0. The maximum atomic E-state index is 5.83. The summed E-state index contributed by atoms with van der Waals surface area (Å²) < 4.78 is 1.34. The molecule has 0 aliphatic carbocycles. The largest absolute Gasteiger partial charge is 0.137 e. The molecule has 1 heterocycles. The molecule has 0 aliphatic heterocycles. The van der Waals surface area contributed by atoms with E-state index in [4.69, 9.17) is 11.6 Å². The van der Waals surface area contributed by atoms with Gasteiger partial charge in [0.2, 0.25) is 0 Å². The van der Waals surface area contributed by atoms with E-state index >= 15 is 0 Å². The van der Waals surface area contributed by atoms with Crippen LogP contribution in [0.3, 0.4) is 0 Å². The lowest BCUT2D eigenvalue weighted by atomic mass is 10.2. The first-order valence-electron chi connectivity index (χ1n) is 4.84. The van der Waals surface area contributed by atoms with Crippen molar-refractivity contribution in [2.45, 2.75) is 4.21 Å². The van der Waals surface area contributed by atoms with Gasteiger partial charge in [-0.25, -0.2) is 0 Å². The maximum Gasteiger partial charge on any atom is 0.0601 e. The van der Waals surface area contributed by atoms with Gasteiger partial charge in [0, 0.05) is 5.02 Å². The van der Waals surface area contributed by atoms with Crippen LogP contribution in [-0.2, 0) is 0 Å². The van der Waals surface area contributed by atoms with Gasteiger partial charge >= 0.3 is 0 Å². The molecule has 1 aromatic heterocycles. The summed E-state index contributed by atoms with van der Waals surface area (Å²) in [6.45, 7) is 0. The van der Waals surface area contributed by atoms with Crippen molar-refractivity contribution in [2.24, 2.45) is 0 Å². The number of halogens is 1. The highest BCUT2D eigenvalue weighted by Gasteiger charge is 1.94. The Hall–Kier alpha value is -0.700. The fourth-order valence-corrected chi connectivity index (χ4v) is 2.80. The van der Waals surface area contributed by atoms with Gasteiger partial charge in [-0.2, -0.15) is 0 Å². The van der Waals surface area contributed by atoms with Crippen molar-refractivity contribution in [2.75, 3.05) is 6.26 Å². The molecule has 2 rings (SSSR count). The van der Waals surface area contributed by atoms with Crippen LogP contribution in [0.5, 0.6) is 0 Å². The third kappa shape index (κ3) is 3.14. The van der Waals surface area contributed by atoms with Crippen LogP contribution in [0.4, 0.5) is 0 Å². The molecular weight excluding hydrogens is 256 g/mol. The van der Waals surface area contributed by atoms with E-state index < -0.39 is 0 Å². The minimum absolute atomic E-state index is 0.775. The Morgan fingerprint density at radius 2 is 1.81 bits per heavy atom. The van der Waals surface area contributed by atoms with Crippen LogP contribution in [0.25, 0.3) is 12.2 Å². The highest BCUT2D eigenvalue weighted by atomic mass is 35.5. The first-order valence-corrected chi connectivity index (χ1v) is 7.32. The molecule has 0 radical (unpaired) electrons. The molecule has 0 aliphatic rings. The Labute approximate surface area is 109 Å². The Morgan fingerprint density at radius 1 is 1.12 bits per heavy atom. The van der Waals surface area contributed by atoms with Gasteiger partial charge in [0.1, 0.15) is 0 Å². The Kier molecular flexibility index (Phi) is 4.10. The van der Waals surface area contributed by atoms with Crippen LogP contribution < -0.4 is 0 Å². The molecule has 0 amide bonds. The second kappa shape index (κ2) is 5.58. The van der Waals surface area contributed by atoms with Crippen LogP contribution in [0, 0.1) is 0 Å². The van der Waals surface area contributed by atoms with Gasteiger partial charge in [-0.15, -0.1) is 23.1 Å². The minimum atomic E-state index is 0.775. The maximum absolute atomic E-state index is 5.83. The van der Waals surface area contributed by atoms with E-state index in [1.54, 1.807) is 23.1 Å². The second-order valence-corrected chi connectivity index (χ2v) is 5.74. The minimum Gasteiger partial charge on any atom is -0.137 e. The van der Waals surface area contributed by atoms with Crippen molar-refractivity contribution in [1.82, 2.24) is 0 Å². The molecule has 0 saturated heterocycles. The summed E-state index contributed by atoms with van der Waals surface area (Å²) in [5.41, 5.74) is 2.42. The summed E-state index contributed by atoms with van der Waals surface area (Å²) in [5, 5.41) is 2.94. The van der Waals surface area contributed by atoms with E-state index in [2.05, 4.69) is 29.9 Å². The average molecular weight is 267 g/mol. The third-order valence-corrected chi connectivity index (χ3v) is 4.44. The molecule has 82 valence electrons. The van der Waals surface area contributed by atoms with Crippen molar-refractivity contribution in [3.8, 4) is 0 Å². The van der Waals surface area contributed by atoms with Gasteiger partial charge in [-0.3, -0.25) is 0 Å². The Balaban J connectivity index is 2.11. The fraction of sp³-hybridized carbons (Fsp3) is 0.0769. The molecule has 0 saturated carbocycles. The molecule has 0 spiro atoms. The lowest BCUT2D eigenvalue weighted by Gasteiger charge is -1.92. The Morgan fingerprint density at radius 3 is 2.44 bits per heavy atom. The highest BCUT2D eigenvalue weighted by Crippen LogP contribution is 2.25. The van der Waals surface area contributed by atoms with Gasteiger partial charge in [0.25, 0.3) is 0 Å². The first kappa shape index (κ1) is 11.8. The summed E-state index contributed by atoms with van der Waals surface area (Å²) in [5.74, 6) is 0. The molecule has 0 nitrogen and oxygen atoms in total. The lowest BCUT2D eigenvalue weighted by molar-refractivity contribution is 1.66. The molecule has 1 aromatic carbocycles. The predicted octanol–water partition coefficient (Wildman–Crippen LogP) is 5.29. The molecule has 0 bridgehead atoms. The number of hydrogen-bond donors (Lipinski definition) is 0. The van der Waals surface area contributed by atoms with E-state index in [-0.39, 0.29) is 0 Å². The number of benzene rings is 1. The molecule has 2 aromatic rings. The predicted molar refractivity (Wildman–Crippen MR) is 76.5 cm³/mol.